The number of aromatic nitrogens is 2. The minimum absolute atomic E-state index is 0.0630. The van der Waals surface area contributed by atoms with E-state index < -0.39 is 23.1 Å². The summed E-state index contributed by atoms with van der Waals surface area (Å²) in [7, 11) is 0. The van der Waals surface area contributed by atoms with Crippen LogP contribution in [0.2, 0.25) is 0 Å². The number of carboxylic acids is 1. The first-order chi connectivity index (χ1) is 17.3. The summed E-state index contributed by atoms with van der Waals surface area (Å²) in [5.41, 5.74) is 0.828. The molecular formula is C27H33F3N4O3. The number of carbonyl (C=O) groups is 2. The SMILES string of the molecule is Cc1nc(-c2ccc(C(F)(F)F)cc2)cc([C@@H]2CN3CC[C@H]2C[C@@H]3CNC(=O)CC(C)(C)CC(=O)O)n1. The lowest BCUT2D eigenvalue weighted by atomic mass is 9.74. The van der Waals surface area contributed by atoms with Crippen LogP contribution in [0.1, 0.15) is 62.5 Å². The Hall–Kier alpha value is -3.01. The van der Waals surface area contributed by atoms with Crippen LogP contribution < -0.4 is 5.32 Å². The van der Waals surface area contributed by atoms with Gasteiger partial charge in [0.05, 0.1) is 17.7 Å². The van der Waals surface area contributed by atoms with Crippen molar-refractivity contribution in [3.63, 3.8) is 0 Å². The number of amides is 1. The van der Waals surface area contributed by atoms with Gasteiger partial charge in [-0.05, 0) is 55.8 Å². The average molecular weight is 519 g/mol. The highest BCUT2D eigenvalue weighted by Gasteiger charge is 2.41. The Bertz CT molecular complexity index is 1150. The summed E-state index contributed by atoms with van der Waals surface area (Å²) < 4.78 is 38.9. The number of alkyl halides is 3. The van der Waals surface area contributed by atoms with Gasteiger partial charge in [0, 0.05) is 42.7 Å². The van der Waals surface area contributed by atoms with E-state index in [1.165, 1.54) is 12.1 Å². The fourth-order valence-corrected chi connectivity index (χ4v) is 5.64. The van der Waals surface area contributed by atoms with E-state index in [1.807, 2.05) is 6.07 Å². The van der Waals surface area contributed by atoms with Gasteiger partial charge in [-0.15, -0.1) is 0 Å². The molecule has 1 aromatic heterocycles. The second-order valence-corrected chi connectivity index (χ2v) is 11.1. The fraction of sp³-hybridized carbons (Fsp3) is 0.556. The smallest absolute Gasteiger partial charge is 0.416 e. The molecular weight excluding hydrogens is 485 g/mol. The van der Waals surface area contributed by atoms with Gasteiger partial charge in [0.25, 0.3) is 0 Å². The van der Waals surface area contributed by atoms with Crippen molar-refractivity contribution < 1.29 is 27.9 Å². The zero-order chi connectivity index (χ0) is 27.0. The molecule has 1 unspecified atom stereocenters. The number of halogens is 3. The summed E-state index contributed by atoms with van der Waals surface area (Å²) in [4.78, 5) is 35.0. The van der Waals surface area contributed by atoms with E-state index in [-0.39, 0.29) is 30.7 Å². The van der Waals surface area contributed by atoms with Crippen LogP contribution in [0.15, 0.2) is 30.3 Å². The third kappa shape index (κ3) is 6.66. The van der Waals surface area contributed by atoms with Gasteiger partial charge >= 0.3 is 12.1 Å². The summed E-state index contributed by atoms with van der Waals surface area (Å²) in [6.45, 7) is 7.59. The van der Waals surface area contributed by atoms with Gasteiger partial charge in [0.2, 0.25) is 5.91 Å². The molecule has 3 aliphatic heterocycles. The first-order valence-electron chi connectivity index (χ1n) is 12.6. The number of hydrogen-bond donors (Lipinski definition) is 2. The van der Waals surface area contributed by atoms with Crippen molar-refractivity contribution >= 4 is 11.9 Å². The van der Waals surface area contributed by atoms with Gasteiger partial charge in [0.1, 0.15) is 5.82 Å². The van der Waals surface area contributed by atoms with E-state index in [9.17, 15) is 22.8 Å². The Morgan fingerprint density at radius 2 is 1.84 bits per heavy atom. The molecule has 3 aliphatic rings. The summed E-state index contributed by atoms with van der Waals surface area (Å²) >= 11 is 0. The lowest BCUT2D eigenvalue weighted by molar-refractivity contribution is -0.140. The van der Waals surface area contributed by atoms with Crippen molar-refractivity contribution in [2.75, 3.05) is 19.6 Å². The molecule has 3 fully saturated rings. The van der Waals surface area contributed by atoms with Crippen molar-refractivity contribution in [1.82, 2.24) is 20.2 Å². The number of rotatable bonds is 8. The maximum Gasteiger partial charge on any atom is 0.416 e. The number of aliphatic carboxylic acids is 1. The molecule has 37 heavy (non-hydrogen) atoms. The van der Waals surface area contributed by atoms with E-state index in [4.69, 9.17) is 5.11 Å². The summed E-state index contributed by atoms with van der Waals surface area (Å²) in [6.07, 6.45) is -2.37. The molecule has 200 valence electrons. The number of nitrogens with zero attached hydrogens (tertiary/aromatic N) is 3. The van der Waals surface area contributed by atoms with Crippen molar-refractivity contribution in [1.29, 1.82) is 0 Å². The molecule has 0 aliphatic carbocycles. The zero-order valence-corrected chi connectivity index (χ0v) is 21.3. The van der Waals surface area contributed by atoms with Crippen LogP contribution in [0.25, 0.3) is 11.3 Å². The molecule has 1 amide bonds. The molecule has 0 spiro atoms. The standard InChI is InChI=1S/C27H33F3N4O3/c1-16-32-22(17-4-6-19(7-5-17)27(28,29)30)11-23(33-16)21-15-34-9-8-18(21)10-20(34)14-31-24(35)12-26(2,3)13-25(36)37/h4-7,11,18,20-21H,8-10,12-15H2,1-3H3,(H,31,35)(H,36,37)/t18-,20+,21+/m0/s1. The Morgan fingerprint density at radius 3 is 2.43 bits per heavy atom. The van der Waals surface area contributed by atoms with Crippen molar-refractivity contribution in [3.8, 4) is 11.3 Å². The average Bonchev–Trinajstić information content (AvgIpc) is 2.81. The number of carboxylic acid groups (broad SMARTS) is 1. The van der Waals surface area contributed by atoms with Gasteiger partial charge < -0.3 is 10.4 Å². The largest absolute Gasteiger partial charge is 0.481 e. The van der Waals surface area contributed by atoms with Crippen LogP contribution in [0.3, 0.4) is 0 Å². The second kappa shape index (κ2) is 10.4. The van der Waals surface area contributed by atoms with Crippen LogP contribution in [-0.2, 0) is 15.8 Å². The van der Waals surface area contributed by atoms with E-state index in [0.29, 0.717) is 29.5 Å². The normalized spacial score (nSPS) is 23.6. The van der Waals surface area contributed by atoms with Crippen LogP contribution in [0.5, 0.6) is 0 Å². The van der Waals surface area contributed by atoms with Crippen LogP contribution >= 0.6 is 0 Å². The number of benzene rings is 1. The Labute approximate surface area is 214 Å². The highest BCUT2D eigenvalue weighted by molar-refractivity contribution is 5.78. The van der Waals surface area contributed by atoms with Gasteiger partial charge in [-0.1, -0.05) is 26.0 Å². The molecule has 2 N–H and O–H groups in total. The number of nitrogens with one attached hydrogen (secondary N) is 1. The topological polar surface area (TPSA) is 95.4 Å². The second-order valence-electron chi connectivity index (χ2n) is 11.1. The van der Waals surface area contributed by atoms with Gasteiger partial charge in [-0.3, -0.25) is 14.5 Å². The fourth-order valence-electron chi connectivity index (χ4n) is 5.64. The molecule has 0 saturated carbocycles. The van der Waals surface area contributed by atoms with Crippen LogP contribution in [0, 0.1) is 18.3 Å². The predicted molar refractivity (Wildman–Crippen MR) is 132 cm³/mol. The van der Waals surface area contributed by atoms with Crippen LogP contribution in [0.4, 0.5) is 13.2 Å². The molecule has 4 heterocycles. The third-order valence-corrected chi connectivity index (χ3v) is 7.43. The molecule has 5 rings (SSSR count). The number of carbonyl (C=O) groups excluding carboxylic acids is 1. The molecule has 4 atom stereocenters. The monoisotopic (exact) mass is 518 g/mol. The number of hydrogen-bond acceptors (Lipinski definition) is 5. The van der Waals surface area contributed by atoms with Gasteiger partial charge in [-0.2, -0.15) is 13.2 Å². The van der Waals surface area contributed by atoms with Crippen LogP contribution in [-0.4, -0.2) is 57.5 Å². The number of aryl methyl sites for hydroxylation is 1. The van der Waals surface area contributed by atoms with Gasteiger partial charge in [-0.25, -0.2) is 9.97 Å². The van der Waals surface area contributed by atoms with Crippen molar-refractivity contribution in [2.24, 2.45) is 11.3 Å². The van der Waals surface area contributed by atoms with E-state index in [0.717, 1.165) is 43.8 Å². The minimum atomic E-state index is -4.38. The van der Waals surface area contributed by atoms with Gasteiger partial charge in [0.15, 0.2) is 0 Å². The quantitative estimate of drug-likeness (QED) is 0.528. The summed E-state index contributed by atoms with van der Waals surface area (Å²) in [6, 6.07) is 7.13. The molecule has 1 aromatic carbocycles. The minimum Gasteiger partial charge on any atom is -0.481 e. The Morgan fingerprint density at radius 1 is 1.14 bits per heavy atom. The first-order valence-corrected chi connectivity index (χ1v) is 12.6. The first kappa shape index (κ1) is 27.0. The predicted octanol–water partition coefficient (Wildman–Crippen LogP) is 4.66. The molecule has 2 aromatic rings. The molecule has 3 saturated heterocycles. The van der Waals surface area contributed by atoms with Crippen molar-refractivity contribution in [2.45, 2.75) is 64.6 Å². The zero-order valence-electron chi connectivity index (χ0n) is 21.3. The summed E-state index contributed by atoms with van der Waals surface area (Å²) in [5.74, 6) is 0.0888. The van der Waals surface area contributed by atoms with E-state index >= 15 is 0 Å². The third-order valence-electron chi connectivity index (χ3n) is 7.43. The lowest BCUT2D eigenvalue weighted by Gasteiger charge is -2.49. The molecule has 2 bridgehead atoms. The Balaban J connectivity index is 1.41. The lowest BCUT2D eigenvalue weighted by Crippen LogP contribution is -2.56. The number of piperidine rings is 3. The summed E-state index contributed by atoms with van der Waals surface area (Å²) in [5, 5.41) is 12.0. The highest BCUT2D eigenvalue weighted by atomic mass is 19.4. The maximum absolute atomic E-state index is 13.0. The molecule has 10 heteroatoms. The number of fused-ring (bicyclic) bond motifs is 3. The van der Waals surface area contributed by atoms with E-state index in [2.05, 4.69) is 20.2 Å². The maximum atomic E-state index is 13.0. The van der Waals surface area contributed by atoms with E-state index in [1.54, 1.807) is 20.8 Å². The highest BCUT2D eigenvalue weighted by Crippen LogP contribution is 2.42. The van der Waals surface area contributed by atoms with Crippen molar-refractivity contribution in [3.05, 3.63) is 47.4 Å². The molecule has 0 radical (unpaired) electrons. The Kier molecular flexibility index (Phi) is 7.60. The molecule has 7 nitrogen and oxygen atoms in total.